The van der Waals surface area contributed by atoms with Crippen molar-refractivity contribution in [3.8, 4) is 5.88 Å². The van der Waals surface area contributed by atoms with Gasteiger partial charge in [0.15, 0.2) is 0 Å². The van der Waals surface area contributed by atoms with Crippen molar-refractivity contribution in [2.75, 3.05) is 11.9 Å². The second kappa shape index (κ2) is 4.68. The Balaban J connectivity index is 2.05. The molecular formula is C12H19N3O. The van der Waals surface area contributed by atoms with E-state index in [2.05, 4.69) is 22.2 Å². The van der Waals surface area contributed by atoms with Gasteiger partial charge in [-0.15, -0.1) is 0 Å². The lowest BCUT2D eigenvalue weighted by atomic mass is 9.75. The van der Waals surface area contributed by atoms with Crippen molar-refractivity contribution in [2.24, 2.45) is 0 Å². The minimum atomic E-state index is 0.262. The number of hydrogen-bond donors (Lipinski definition) is 1. The fourth-order valence-corrected chi connectivity index (χ4v) is 2.08. The van der Waals surface area contributed by atoms with Crippen molar-refractivity contribution in [1.82, 2.24) is 9.97 Å². The maximum atomic E-state index is 5.36. The van der Waals surface area contributed by atoms with E-state index in [9.17, 15) is 0 Å². The summed E-state index contributed by atoms with van der Waals surface area (Å²) in [5.74, 6) is 1.52. The van der Waals surface area contributed by atoms with Crippen molar-refractivity contribution < 1.29 is 4.74 Å². The lowest BCUT2D eigenvalue weighted by Crippen LogP contribution is -2.44. The van der Waals surface area contributed by atoms with Crippen LogP contribution in [0.3, 0.4) is 0 Å². The maximum absolute atomic E-state index is 5.36. The van der Waals surface area contributed by atoms with Crippen molar-refractivity contribution in [1.29, 1.82) is 0 Å². The molecule has 0 amide bonds. The van der Waals surface area contributed by atoms with Crippen LogP contribution >= 0.6 is 0 Å². The molecule has 88 valence electrons. The fourth-order valence-electron chi connectivity index (χ4n) is 2.08. The van der Waals surface area contributed by atoms with Gasteiger partial charge < -0.3 is 10.1 Å². The van der Waals surface area contributed by atoms with Gasteiger partial charge in [0.25, 0.3) is 0 Å². The number of rotatable bonds is 5. The molecule has 0 saturated heterocycles. The Labute approximate surface area is 96.4 Å². The molecule has 0 bridgehead atoms. The first-order valence-corrected chi connectivity index (χ1v) is 6.01. The van der Waals surface area contributed by atoms with Crippen molar-refractivity contribution in [3.63, 3.8) is 0 Å². The molecule has 0 unspecified atom stereocenters. The Hall–Kier alpha value is -1.32. The van der Waals surface area contributed by atoms with Gasteiger partial charge in [0.05, 0.1) is 6.61 Å². The zero-order valence-electron chi connectivity index (χ0n) is 9.99. The minimum absolute atomic E-state index is 0.262. The van der Waals surface area contributed by atoms with Crippen LogP contribution in [0, 0.1) is 0 Å². The van der Waals surface area contributed by atoms with Crippen LogP contribution in [0.25, 0.3) is 0 Å². The van der Waals surface area contributed by atoms with E-state index < -0.39 is 0 Å². The topological polar surface area (TPSA) is 47.0 Å². The Morgan fingerprint density at radius 1 is 1.38 bits per heavy atom. The summed E-state index contributed by atoms with van der Waals surface area (Å²) < 4.78 is 5.36. The molecule has 4 nitrogen and oxygen atoms in total. The Bertz CT molecular complexity index is 344. The van der Waals surface area contributed by atoms with Crippen molar-refractivity contribution in [2.45, 2.75) is 45.1 Å². The third-order valence-corrected chi connectivity index (χ3v) is 3.31. The number of nitrogens with zero attached hydrogens (tertiary/aromatic N) is 2. The first-order chi connectivity index (χ1) is 7.78. The van der Waals surface area contributed by atoms with Gasteiger partial charge in [0, 0.05) is 11.6 Å². The first kappa shape index (κ1) is 11.2. The van der Waals surface area contributed by atoms with E-state index in [1.165, 1.54) is 19.3 Å². The third-order valence-electron chi connectivity index (χ3n) is 3.31. The van der Waals surface area contributed by atoms with Gasteiger partial charge in [0.2, 0.25) is 5.88 Å². The Morgan fingerprint density at radius 3 is 2.75 bits per heavy atom. The van der Waals surface area contributed by atoms with Crippen LogP contribution in [0.5, 0.6) is 5.88 Å². The molecule has 1 fully saturated rings. The van der Waals surface area contributed by atoms with E-state index in [-0.39, 0.29) is 5.54 Å². The summed E-state index contributed by atoms with van der Waals surface area (Å²) in [4.78, 5) is 8.29. The fraction of sp³-hybridized carbons (Fsp3) is 0.667. The average Bonchev–Trinajstić information content (AvgIpc) is 2.25. The molecular weight excluding hydrogens is 202 g/mol. The van der Waals surface area contributed by atoms with Crippen LogP contribution in [-0.2, 0) is 0 Å². The molecule has 0 aromatic carbocycles. The van der Waals surface area contributed by atoms with E-state index in [4.69, 9.17) is 4.74 Å². The standard InChI is InChI=1S/C12H19N3O/c1-3-12(6-5-7-12)15-10-8-11(16-4-2)14-9-13-10/h8-9H,3-7H2,1-2H3,(H,13,14,15). The monoisotopic (exact) mass is 221 g/mol. The summed E-state index contributed by atoms with van der Waals surface area (Å²) in [6.45, 7) is 4.81. The van der Waals surface area contributed by atoms with E-state index in [1.54, 1.807) is 6.33 Å². The molecule has 1 N–H and O–H groups in total. The second-order valence-corrected chi connectivity index (χ2v) is 4.29. The third kappa shape index (κ3) is 2.26. The highest BCUT2D eigenvalue weighted by Gasteiger charge is 2.35. The van der Waals surface area contributed by atoms with Crippen molar-refractivity contribution >= 4 is 5.82 Å². The predicted molar refractivity (Wildman–Crippen MR) is 63.7 cm³/mol. The maximum Gasteiger partial charge on any atom is 0.218 e. The molecule has 2 rings (SSSR count). The van der Waals surface area contributed by atoms with Gasteiger partial charge >= 0.3 is 0 Å². The summed E-state index contributed by atoms with van der Waals surface area (Å²) in [6, 6.07) is 1.87. The molecule has 1 aliphatic rings. The molecule has 16 heavy (non-hydrogen) atoms. The van der Waals surface area contributed by atoms with Gasteiger partial charge in [-0.2, -0.15) is 0 Å². The molecule has 4 heteroatoms. The summed E-state index contributed by atoms with van der Waals surface area (Å²) in [6.07, 6.45) is 6.47. The first-order valence-electron chi connectivity index (χ1n) is 6.01. The van der Waals surface area contributed by atoms with Gasteiger partial charge in [-0.3, -0.25) is 0 Å². The summed E-state index contributed by atoms with van der Waals surface area (Å²) in [7, 11) is 0. The lowest BCUT2D eigenvalue weighted by molar-refractivity contribution is 0.268. The Kier molecular flexibility index (Phi) is 3.27. The number of hydrogen-bond acceptors (Lipinski definition) is 4. The second-order valence-electron chi connectivity index (χ2n) is 4.29. The van der Waals surface area contributed by atoms with Crippen LogP contribution < -0.4 is 10.1 Å². The number of nitrogens with one attached hydrogen (secondary N) is 1. The van der Waals surface area contributed by atoms with E-state index >= 15 is 0 Å². The highest BCUT2D eigenvalue weighted by molar-refractivity contribution is 5.41. The molecule has 1 saturated carbocycles. The SMILES string of the molecule is CCOc1cc(NC2(CC)CCC2)ncn1. The molecule has 1 aromatic rings. The molecule has 0 radical (unpaired) electrons. The minimum Gasteiger partial charge on any atom is -0.478 e. The quantitative estimate of drug-likeness (QED) is 0.830. The molecule has 0 aliphatic heterocycles. The van der Waals surface area contributed by atoms with Crippen molar-refractivity contribution in [3.05, 3.63) is 12.4 Å². The van der Waals surface area contributed by atoms with Gasteiger partial charge in [-0.1, -0.05) is 6.92 Å². The molecule has 0 spiro atoms. The Morgan fingerprint density at radius 2 is 2.19 bits per heavy atom. The average molecular weight is 221 g/mol. The molecule has 1 aromatic heterocycles. The lowest BCUT2D eigenvalue weighted by Gasteiger charge is -2.42. The molecule has 1 aliphatic carbocycles. The highest BCUT2D eigenvalue weighted by atomic mass is 16.5. The van der Waals surface area contributed by atoms with Gasteiger partial charge in [-0.05, 0) is 32.6 Å². The number of anilines is 1. The van der Waals surface area contributed by atoms with E-state index in [1.807, 2.05) is 13.0 Å². The molecule has 1 heterocycles. The molecule has 0 atom stereocenters. The summed E-state index contributed by atoms with van der Waals surface area (Å²) in [5, 5.41) is 3.51. The highest BCUT2D eigenvalue weighted by Crippen LogP contribution is 2.37. The van der Waals surface area contributed by atoms with Crippen LogP contribution in [-0.4, -0.2) is 22.1 Å². The van der Waals surface area contributed by atoms with Crippen LogP contribution in [0.2, 0.25) is 0 Å². The van der Waals surface area contributed by atoms with Gasteiger partial charge in [-0.25, -0.2) is 9.97 Å². The summed E-state index contributed by atoms with van der Waals surface area (Å²) in [5.41, 5.74) is 0.262. The zero-order valence-corrected chi connectivity index (χ0v) is 9.99. The van der Waals surface area contributed by atoms with Crippen LogP contribution in [0.15, 0.2) is 12.4 Å². The van der Waals surface area contributed by atoms with Crippen LogP contribution in [0.4, 0.5) is 5.82 Å². The smallest absolute Gasteiger partial charge is 0.218 e. The zero-order chi connectivity index (χ0) is 11.4. The number of ether oxygens (including phenoxy) is 1. The number of aromatic nitrogens is 2. The largest absolute Gasteiger partial charge is 0.478 e. The van der Waals surface area contributed by atoms with Crippen LogP contribution in [0.1, 0.15) is 39.5 Å². The van der Waals surface area contributed by atoms with E-state index in [0.29, 0.717) is 12.5 Å². The van der Waals surface area contributed by atoms with Gasteiger partial charge in [0.1, 0.15) is 12.1 Å². The van der Waals surface area contributed by atoms with E-state index in [0.717, 1.165) is 12.2 Å². The normalized spacial score (nSPS) is 17.6. The predicted octanol–water partition coefficient (Wildman–Crippen LogP) is 2.62. The summed E-state index contributed by atoms with van der Waals surface area (Å²) >= 11 is 0.